The molecule has 14 heavy (non-hydrogen) atoms. The Morgan fingerprint density at radius 1 is 1.36 bits per heavy atom. The Kier molecular flexibility index (Phi) is 3.90. The van der Waals surface area contributed by atoms with Gasteiger partial charge in [-0.1, -0.05) is 31.2 Å². The zero-order chi connectivity index (χ0) is 10.6. The van der Waals surface area contributed by atoms with Crippen LogP contribution in [-0.2, 0) is 0 Å². The normalized spacial score (nSPS) is 16.0. The van der Waals surface area contributed by atoms with Gasteiger partial charge in [0.2, 0.25) is 0 Å². The highest BCUT2D eigenvalue weighted by molar-refractivity contribution is 5.33. The molecule has 0 saturated heterocycles. The molecule has 1 unspecified atom stereocenters. The van der Waals surface area contributed by atoms with Gasteiger partial charge < -0.3 is 5.11 Å². The molecule has 1 nitrogen and oxygen atoms in total. The highest BCUT2D eigenvalue weighted by Gasteiger charge is 1.98. The molecule has 1 N–H and O–H groups in total. The molecule has 0 heterocycles. The molecular formula is C13H18O. The minimum Gasteiger partial charge on any atom is -0.389 e. The van der Waals surface area contributed by atoms with E-state index in [4.69, 9.17) is 0 Å². The van der Waals surface area contributed by atoms with E-state index < -0.39 is 0 Å². The van der Waals surface area contributed by atoms with Crippen LogP contribution >= 0.6 is 0 Å². The summed E-state index contributed by atoms with van der Waals surface area (Å²) in [5.41, 5.74) is 0.982. The average molecular weight is 190 g/mol. The smallest absolute Gasteiger partial charge is 0.0762 e. The third-order valence-electron chi connectivity index (χ3n) is 2.33. The molecule has 0 spiro atoms. The van der Waals surface area contributed by atoms with Crippen LogP contribution in [0.4, 0.5) is 0 Å². The Hall–Kier alpha value is -1.08. The highest BCUT2D eigenvalue weighted by Crippen LogP contribution is 2.06. The molecule has 1 atom stereocenters. The zero-order valence-electron chi connectivity index (χ0n) is 9.12. The molecule has 0 saturated carbocycles. The summed E-state index contributed by atoms with van der Waals surface area (Å²) in [7, 11) is 0. The van der Waals surface area contributed by atoms with E-state index in [1.54, 1.807) is 6.92 Å². The first-order valence-corrected chi connectivity index (χ1v) is 5.13. The number of aliphatic hydroxyl groups excluding tert-OH is 1. The molecule has 0 aliphatic carbocycles. The maximum Gasteiger partial charge on any atom is 0.0762 e. The lowest BCUT2D eigenvalue weighted by molar-refractivity contribution is 0.199. The summed E-state index contributed by atoms with van der Waals surface area (Å²) >= 11 is 0. The fourth-order valence-corrected chi connectivity index (χ4v) is 1.51. The number of aliphatic hydroxyl groups is 1. The lowest BCUT2D eigenvalue weighted by atomic mass is 10.1. The summed E-state index contributed by atoms with van der Waals surface area (Å²) in [4.78, 5) is 0. The Morgan fingerprint density at radius 2 is 2.07 bits per heavy atom. The van der Waals surface area contributed by atoms with E-state index in [1.807, 2.05) is 13.0 Å². The van der Waals surface area contributed by atoms with Gasteiger partial charge >= 0.3 is 0 Å². The second-order valence-electron chi connectivity index (χ2n) is 3.47. The van der Waals surface area contributed by atoms with Gasteiger partial charge in [-0.15, -0.1) is 0 Å². The van der Waals surface area contributed by atoms with Gasteiger partial charge in [0, 0.05) is 0 Å². The Bertz CT molecular complexity index is 402. The first kappa shape index (κ1) is 11.0. The predicted molar refractivity (Wildman–Crippen MR) is 61.2 cm³/mol. The van der Waals surface area contributed by atoms with Crippen LogP contribution in [0.1, 0.15) is 38.9 Å². The topological polar surface area (TPSA) is 20.2 Å². The lowest BCUT2D eigenvalue weighted by Crippen LogP contribution is -2.24. The second kappa shape index (κ2) is 4.97. The van der Waals surface area contributed by atoms with Crippen molar-refractivity contribution in [3.63, 3.8) is 0 Å². The monoisotopic (exact) mass is 190 g/mol. The summed E-state index contributed by atoms with van der Waals surface area (Å²) in [6, 6.07) is 6.10. The molecule has 0 aromatic heterocycles. The number of benzene rings is 1. The molecule has 1 aromatic carbocycles. The predicted octanol–water partition coefficient (Wildman–Crippen LogP) is 1.73. The van der Waals surface area contributed by atoms with Crippen molar-refractivity contribution in [1.82, 2.24) is 0 Å². The van der Waals surface area contributed by atoms with Gasteiger partial charge in [-0.3, -0.25) is 0 Å². The van der Waals surface area contributed by atoms with Gasteiger partial charge in [0.1, 0.15) is 0 Å². The van der Waals surface area contributed by atoms with E-state index in [2.05, 4.69) is 31.2 Å². The molecule has 0 aliphatic rings. The molecule has 1 heteroatoms. The molecule has 0 bridgehead atoms. The summed E-state index contributed by atoms with van der Waals surface area (Å²) in [6.07, 6.45) is 4.91. The SMILES string of the molecule is C/C=c1/ccc(C(C)O)c/c1=C/CC. The van der Waals surface area contributed by atoms with Crippen LogP contribution < -0.4 is 10.4 Å². The van der Waals surface area contributed by atoms with Crippen LogP contribution in [0, 0.1) is 0 Å². The van der Waals surface area contributed by atoms with Crippen LogP contribution in [0.3, 0.4) is 0 Å². The number of hydrogen-bond donors (Lipinski definition) is 1. The quantitative estimate of drug-likeness (QED) is 0.753. The largest absolute Gasteiger partial charge is 0.389 e. The third kappa shape index (κ3) is 2.46. The lowest BCUT2D eigenvalue weighted by Gasteiger charge is -2.03. The van der Waals surface area contributed by atoms with E-state index in [0.717, 1.165) is 12.0 Å². The fraction of sp³-hybridized carbons (Fsp3) is 0.385. The number of rotatable bonds is 2. The van der Waals surface area contributed by atoms with Crippen molar-refractivity contribution in [1.29, 1.82) is 0 Å². The van der Waals surface area contributed by atoms with Crippen LogP contribution in [-0.4, -0.2) is 5.11 Å². The summed E-state index contributed by atoms with van der Waals surface area (Å²) < 4.78 is 0. The van der Waals surface area contributed by atoms with Gasteiger partial charge in [0.05, 0.1) is 6.10 Å². The molecule has 0 fully saturated rings. The maximum atomic E-state index is 9.46. The Morgan fingerprint density at radius 3 is 2.57 bits per heavy atom. The van der Waals surface area contributed by atoms with Gasteiger partial charge in [0.15, 0.2) is 0 Å². The molecule has 1 aromatic rings. The minimum atomic E-state index is -0.384. The van der Waals surface area contributed by atoms with E-state index in [1.165, 1.54) is 10.4 Å². The summed E-state index contributed by atoms with van der Waals surface area (Å²) in [5.74, 6) is 0. The summed E-state index contributed by atoms with van der Waals surface area (Å²) in [5, 5.41) is 11.9. The minimum absolute atomic E-state index is 0.384. The highest BCUT2D eigenvalue weighted by atomic mass is 16.3. The Labute approximate surface area is 85.4 Å². The van der Waals surface area contributed by atoms with Crippen molar-refractivity contribution in [3.05, 3.63) is 34.2 Å². The third-order valence-corrected chi connectivity index (χ3v) is 2.33. The molecule has 0 aliphatic heterocycles. The van der Waals surface area contributed by atoms with Crippen LogP contribution in [0.2, 0.25) is 0 Å². The number of hydrogen-bond acceptors (Lipinski definition) is 1. The first-order chi connectivity index (χ1) is 6.69. The van der Waals surface area contributed by atoms with Crippen LogP contribution in [0.25, 0.3) is 12.2 Å². The fourth-order valence-electron chi connectivity index (χ4n) is 1.51. The van der Waals surface area contributed by atoms with Crippen molar-refractivity contribution in [2.45, 2.75) is 33.3 Å². The first-order valence-electron chi connectivity index (χ1n) is 5.13. The standard InChI is InChI=1S/C13H18O/c1-4-6-13-9-12(10(3)14)8-7-11(13)5-2/h5-10,14H,4H2,1-3H3/b11-5-,13-6-. The van der Waals surface area contributed by atoms with Crippen molar-refractivity contribution in [3.8, 4) is 0 Å². The zero-order valence-corrected chi connectivity index (χ0v) is 9.12. The molecule has 76 valence electrons. The van der Waals surface area contributed by atoms with E-state index >= 15 is 0 Å². The van der Waals surface area contributed by atoms with E-state index in [9.17, 15) is 5.11 Å². The van der Waals surface area contributed by atoms with Crippen molar-refractivity contribution in [2.24, 2.45) is 0 Å². The average Bonchev–Trinajstić information content (AvgIpc) is 2.18. The van der Waals surface area contributed by atoms with Crippen molar-refractivity contribution >= 4 is 12.2 Å². The molecule has 0 amide bonds. The van der Waals surface area contributed by atoms with Crippen LogP contribution in [0.15, 0.2) is 18.2 Å². The Balaban J connectivity index is 3.37. The second-order valence-corrected chi connectivity index (χ2v) is 3.47. The molecule has 0 radical (unpaired) electrons. The summed E-state index contributed by atoms with van der Waals surface area (Å²) in [6.45, 7) is 5.94. The van der Waals surface area contributed by atoms with E-state index in [-0.39, 0.29) is 6.10 Å². The maximum absolute atomic E-state index is 9.46. The molecule has 1 rings (SSSR count). The van der Waals surface area contributed by atoms with Gasteiger partial charge in [-0.25, -0.2) is 0 Å². The molecular weight excluding hydrogens is 172 g/mol. The van der Waals surface area contributed by atoms with Crippen molar-refractivity contribution < 1.29 is 5.11 Å². The van der Waals surface area contributed by atoms with Gasteiger partial charge in [-0.05, 0) is 42.3 Å². The van der Waals surface area contributed by atoms with Gasteiger partial charge in [0.25, 0.3) is 0 Å². The van der Waals surface area contributed by atoms with E-state index in [0.29, 0.717) is 0 Å². The van der Waals surface area contributed by atoms with Gasteiger partial charge in [-0.2, -0.15) is 0 Å². The van der Waals surface area contributed by atoms with Crippen molar-refractivity contribution in [2.75, 3.05) is 0 Å². The van der Waals surface area contributed by atoms with Crippen LogP contribution in [0.5, 0.6) is 0 Å².